The lowest BCUT2D eigenvalue weighted by Gasteiger charge is -2.33. The summed E-state index contributed by atoms with van der Waals surface area (Å²) in [6.07, 6.45) is 1.83. The Balaban J connectivity index is 1.75. The van der Waals surface area contributed by atoms with Crippen molar-refractivity contribution in [2.75, 3.05) is 26.3 Å². The Morgan fingerprint density at radius 1 is 1.32 bits per heavy atom. The molecule has 0 aliphatic carbocycles. The fraction of sp³-hybridized carbons (Fsp3) is 0.476. The van der Waals surface area contributed by atoms with E-state index in [2.05, 4.69) is 5.10 Å². The maximum atomic E-state index is 13.1. The van der Waals surface area contributed by atoms with Gasteiger partial charge in [0.05, 0.1) is 24.4 Å². The highest BCUT2D eigenvalue weighted by Crippen LogP contribution is 2.28. The zero-order valence-electron chi connectivity index (χ0n) is 16.4. The molecule has 0 saturated carbocycles. The highest BCUT2D eigenvalue weighted by molar-refractivity contribution is 5.93. The zero-order chi connectivity index (χ0) is 20.1. The van der Waals surface area contributed by atoms with Gasteiger partial charge >= 0.3 is 5.97 Å². The normalized spacial score (nSPS) is 16.9. The van der Waals surface area contributed by atoms with Crippen molar-refractivity contribution in [3.05, 3.63) is 52.8 Å². The molecule has 7 nitrogen and oxygen atoms in total. The molecule has 7 heteroatoms. The number of carbonyl (C=O) groups is 2. The summed E-state index contributed by atoms with van der Waals surface area (Å²) in [5, 5.41) is 13.7. The number of benzene rings is 1. The van der Waals surface area contributed by atoms with Gasteiger partial charge in [-0.2, -0.15) is 5.10 Å². The molecule has 0 bridgehead atoms. The van der Waals surface area contributed by atoms with Crippen LogP contribution in [-0.2, 0) is 11.3 Å². The molecule has 0 radical (unpaired) electrons. The van der Waals surface area contributed by atoms with E-state index in [1.807, 2.05) is 30.9 Å². The van der Waals surface area contributed by atoms with Gasteiger partial charge in [0.15, 0.2) is 0 Å². The predicted molar refractivity (Wildman–Crippen MR) is 105 cm³/mol. The van der Waals surface area contributed by atoms with Crippen LogP contribution >= 0.6 is 0 Å². The predicted octanol–water partition coefficient (Wildman–Crippen LogP) is 2.95. The molecular weight excluding hydrogens is 358 g/mol. The van der Waals surface area contributed by atoms with Gasteiger partial charge < -0.3 is 14.7 Å². The third-order valence-corrected chi connectivity index (χ3v) is 5.09. The lowest BCUT2D eigenvalue weighted by molar-refractivity contribution is 0.0679. The Bertz CT molecular complexity index is 846. The molecule has 1 fully saturated rings. The third kappa shape index (κ3) is 4.59. The van der Waals surface area contributed by atoms with Crippen LogP contribution in [0.2, 0.25) is 0 Å². The summed E-state index contributed by atoms with van der Waals surface area (Å²) >= 11 is 0. The van der Waals surface area contributed by atoms with Crippen LogP contribution in [0.25, 0.3) is 0 Å². The quantitative estimate of drug-likeness (QED) is 0.741. The van der Waals surface area contributed by atoms with Crippen molar-refractivity contribution in [2.24, 2.45) is 0 Å². The van der Waals surface area contributed by atoms with Crippen LogP contribution in [0.3, 0.4) is 0 Å². The first-order chi connectivity index (χ1) is 13.5. The Labute approximate surface area is 164 Å². The Hall–Kier alpha value is -2.67. The number of nitrogens with zero attached hydrogens (tertiary/aromatic N) is 3. The Morgan fingerprint density at radius 3 is 2.89 bits per heavy atom. The van der Waals surface area contributed by atoms with Gasteiger partial charge in [0.25, 0.3) is 5.91 Å². The van der Waals surface area contributed by atoms with Gasteiger partial charge in [-0.1, -0.05) is 12.1 Å². The Morgan fingerprint density at radius 2 is 2.14 bits per heavy atom. The number of carboxylic acids is 1. The maximum absolute atomic E-state index is 13.1. The molecular formula is C21H27N3O4. The number of aromatic nitrogens is 2. The summed E-state index contributed by atoms with van der Waals surface area (Å²) in [7, 11) is 0. The van der Waals surface area contributed by atoms with Gasteiger partial charge in [0.2, 0.25) is 0 Å². The van der Waals surface area contributed by atoms with Crippen LogP contribution in [0, 0.1) is 6.92 Å². The fourth-order valence-electron chi connectivity index (χ4n) is 3.70. The fourth-order valence-corrected chi connectivity index (χ4v) is 3.70. The highest BCUT2D eigenvalue weighted by Gasteiger charge is 2.28. The molecule has 1 N–H and O–H groups in total. The summed E-state index contributed by atoms with van der Waals surface area (Å²) in [6.45, 7) is 6.79. The summed E-state index contributed by atoms with van der Waals surface area (Å²) < 4.78 is 7.12. The molecule has 1 amide bonds. The highest BCUT2D eigenvalue weighted by atomic mass is 16.5. The van der Waals surface area contributed by atoms with Crippen molar-refractivity contribution in [2.45, 2.75) is 39.2 Å². The first-order valence-electron chi connectivity index (χ1n) is 9.74. The van der Waals surface area contributed by atoms with Crippen LogP contribution in [-0.4, -0.2) is 58.0 Å². The molecule has 1 saturated heterocycles. The molecule has 3 rings (SSSR count). The van der Waals surface area contributed by atoms with Crippen molar-refractivity contribution >= 4 is 11.9 Å². The van der Waals surface area contributed by atoms with E-state index in [-0.39, 0.29) is 17.4 Å². The molecule has 2 heterocycles. The topological polar surface area (TPSA) is 84.7 Å². The van der Waals surface area contributed by atoms with Crippen molar-refractivity contribution < 1.29 is 19.4 Å². The van der Waals surface area contributed by atoms with Gasteiger partial charge in [-0.15, -0.1) is 0 Å². The molecule has 1 aromatic heterocycles. The van der Waals surface area contributed by atoms with Crippen LogP contribution < -0.4 is 0 Å². The van der Waals surface area contributed by atoms with Crippen LogP contribution in [0.1, 0.15) is 57.8 Å². The number of amides is 1. The monoisotopic (exact) mass is 385 g/mol. The number of ether oxygens (including phenoxy) is 1. The third-order valence-electron chi connectivity index (χ3n) is 5.09. The summed E-state index contributed by atoms with van der Waals surface area (Å²) in [4.78, 5) is 26.3. The number of likely N-dealkylation sites (tertiary alicyclic amines) is 1. The molecule has 0 unspecified atom stereocenters. The molecule has 1 atom stereocenters. The van der Waals surface area contributed by atoms with Gasteiger partial charge in [0.1, 0.15) is 5.69 Å². The number of aryl methyl sites for hydroxylation is 1. The summed E-state index contributed by atoms with van der Waals surface area (Å²) in [5.74, 6) is -0.826. The first kappa shape index (κ1) is 20.1. The molecule has 28 heavy (non-hydrogen) atoms. The Kier molecular flexibility index (Phi) is 6.46. The minimum absolute atomic E-state index is 0.0313. The van der Waals surface area contributed by atoms with E-state index in [1.165, 1.54) is 0 Å². The second-order valence-electron chi connectivity index (χ2n) is 7.11. The van der Waals surface area contributed by atoms with E-state index in [0.717, 1.165) is 24.1 Å². The van der Waals surface area contributed by atoms with Gasteiger partial charge in [-0.3, -0.25) is 9.48 Å². The molecule has 1 aromatic carbocycles. The van der Waals surface area contributed by atoms with Gasteiger partial charge in [-0.05, 0) is 50.5 Å². The zero-order valence-corrected chi connectivity index (χ0v) is 16.4. The number of rotatable bonds is 7. The second-order valence-corrected chi connectivity index (χ2v) is 7.11. The summed E-state index contributed by atoms with van der Waals surface area (Å²) in [6, 6.07) is 8.85. The van der Waals surface area contributed by atoms with Crippen LogP contribution in [0.5, 0.6) is 0 Å². The molecule has 1 aliphatic rings. The number of aromatic carboxylic acids is 1. The minimum atomic E-state index is -0.931. The van der Waals surface area contributed by atoms with Crippen molar-refractivity contribution in [3.8, 4) is 0 Å². The lowest BCUT2D eigenvalue weighted by Crippen LogP contribution is -2.40. The molecule has 150 valence electrons. The molecule has 2 aromatic rings. The van der Waals surface area contributed by atoms with Crippen molar-refractivity contribution in [3.63, 3.8) is 0 Å². The lowest BCUT2D eigenvalue weighted by atomic mass is 9.89. The van der Waals surface area contributed by atoms with E-state index < -0.39 is 5.97 Å². The second kappa shape index (κ2) is 9.01. The van der Waals surface area contributed by atoms with Gasteiger partial charge in [-0.25, -0.2) is 4.79 Å². The van der Waals surface area contributed by atoms with E-state index >= 15 is 0 Å². The van der Waals surface area contributed by atoms with E-state index in [0.29, 0.717) is 38.5 Å². The number of hydrogen-bond donors (Lipinski definition) is 1. The number of piperidine rings is 1. The minimum Gasteiger partial charge on any atom is -0.478 e. The van der Waals surface area contributed by atoms with Crippen molar-refractivity contribution in [1.82, 2.24) is 14.7 Å². The smallest absolute Gasteiger partial charge is 0.335 e. The largest absolute Gasteiger partial charge is 0.478 e. The summed E-state index contributed by atoms with van der Waals surface area (Å²) in [5.41, 5.74) is 2.64. The molecule has 0 spiro atoms. The standard InChI is InChI=1S/C21H27N3O4/c1-3-28-11-10-24-19(12-15(2)22-24)20(25)23-9-5-8-18(14-23)16-6-4-7-17(13-16)21(26)27/h4,6-7,12-13,18H,3,5,8-11,14H2,1-2H3,(H,26,27)/t18-/m1/s1. The number of carboxylic acid groups (broad SMARTS) is 1. The van der Waals surface area contributed by atoms with Crippen molar-refractivity contribution in [1.29, 1.82) is 0 Å². The van der Waals surface area contributed by atoms with E-state index in [9.17, 15) is 14.7 Å². The number of carbonyl (C=O) groups excluding carboxylic acids is 1. The average molecular weight is 385 g/mol. The number of hydrogen-bond acceptors (Lipinski definition) is 4. The van der Waals surface area contributed by atoms with Crippen LogP contribution in [0.4, 0.5) is 0 Å². The molecule has 1 aliphatic heterocycles. The van der Waals surface area contributed by atoms with E-state index in [1.54, 1.807) is 22.9 Å². The van der Waals surface area contributed by atoms with Crippen LogP contribution in [0.15, 0.2) is 30.3 Å². The first-order valence-corrected chi connectivity index (χ1v) is 9.74. The van der Waals surface area contributed by atoms with Gasteiger partial charge in [0, 0.05) is 25.6 Å². The SMILES string of the molecule is CCOCCn1nc(C)cc1C(=O)N1CCC[C@@H](c2cccc(C(=O)O)c2)C1. The average Bonchev–Trinajstić information content (AvgIpc) is 3.08. The van der Waals surface area contributed by atoms with E-state index in [4.69, 9.17) is 4.74 Å². The maximum Gasteiger partial charge on any atom is 0.335 e.